The minimum absolute atomic E-state index is 0.206. The third-order valence-electron chi connectivity index (χ3n) is 3.89. The van der Waals surface area contributed by atoms with Crippen LogP contribution < -0.4 is 4.90 Å². The lowest BCUT2D eigenvalue weighted by Crippen LogP contribution is -2.36. The smallest absolute Gasteiger partial charge is 0.338 e. The van der Waals surface area contributed by atoms with Crippen LogP contribution in [0.15, 0.2) is 41.0 Å². The Kier molecular flexibility index (Phi) is 3.22. The molecule has 1 aliphatic heterocycles. The van der Waals surface area contributed by atoms with Crippen molar-refractivity contribution in [1.82, 2.24) is 0 Å². The number of furan rings is 1. The van der Waals surface area contributed by atoms with Gasteiger partial charge in [0.05, 0.1) is 12.1 Å². The van der Waals surface area contributed by atoms with Gasteiger partial charge >= 0.3 is 5.97 Å². The Hall–Kier alpha value is -2.23. The van der Waals surface area contributed by atoms with Crippen molar-refractivity contribution in [3.63, 3.8) is 0 Å². The summed E-state index contributed by atoms with van der Waals surface area (Å²) in [7, 11) is 0. The second-order valence-corrected chi connectivity index (χ2v) is 5.25. The summed E-state index contributed by atoms with van der Waals surface area (Å²) < 4.78 is 5.37. The zero-order valence-electron chi connectivity index (χ0n) is 11.4. The van der Waals surface area contributed by atoms with Crippen molar-refractivity contribution in [2.45, 2.75) is 32.4 Å². The van der Waals surface area contributed by atoms with Crippen LogP contribution in [0.4, 0.5) is 5.69 Å². The van der Waals surface area contributed by atoms with E-state index in [1.54, 1.807) is 6.07 Å². The quantitative estimate of drug-likeness (QED) is 0.930. The molecule has 0 spiro atoms. The average Bonchev–Trinajstić information content (AvgIpc) is 2.91. The predicted molar refractivity (Wildman–Crippen MR) is 76.1 cm³/mol. The summed E-state index contributed by atoms with van der Waals surface area (Å²) in [6.45, 7) is 2.79. The molecule has 0 bridgehead atoms. The molecule has 1 aromatic heterocycles. The van der Waals surface area contributed by atoms with Crippen molar-refractivity contribution in [3.05, 3.63) is 53.5 Å². The number of hydrogen-bond donors (Lipinski definition) is 1. The van der Waals surface area contributed by atoms with E-state index in [0.29, 0.717) is 18.3 Å². The molecule has 1 unspecified atom stereocenters. The van der Waals surface area contributed by atoms with Gasteiger partial charge in [-0.3, -0.25) is 0 Å². The zero-order valence-corrected chi connectivity index (χ0v) is 11.4. The maximum absolute atomic E-state index is 10.9. The maximum Gasteiger partial charge on any atom is 0.338 e. The average molecular weight is 271 g/mol. The number of carboxylic acids is 1. The molecule has 4 nitrogen and oxygen atoms in total. The number of aryl methyl sites for hydroxylation is 1. The number of hydrogen-bond acceptors (Lipinski definition) is 3. The lowest BCUT2D eigenvalue weighted by atomic mass is 9.96. The minimum Gasteiger partial charge on any atom is -0.478 e. The summed E-state index contributed by atoms with van der Waals surface area (Å²) in [4.78, 5) is 13.2. The summed E-state index contributed by atoms with van der Waals surface area (Å²) in [5.74, 6) is -0.266. The monoisotopic (exact) mass is 271 g/mol. The van der Waals surface area contributed by atoms with E-state index in [2.05, 4.69) is 30.0 Å². The summed E-state index contributed by atoms with van der Waals surface area (Å²) in [6, 6.07) is 10.4. The van der Waals surface area contributed by atoms with E-state index < -0.39 is 5.97 Å². The Morgan fingerprint density at radius 1 is 1.45 bits per heavy atom. The van der Waals surface area contributed by atoms with Crippen LogP contribution in [0.2, 0.25) is 0 Å². The third-order valence-corrected chi connectivity index (χ3v) is 3.89. The number of rotatable bonds is 3. The van der Waals surface area contributed by atoms with E-state index in [1.807, 2.05) is 6.07 Å². The van der Waals surface area contributed by atoms with Crippen molar-refractivity contribution < 1.29 is 14.3 Å². The molecule has 1 N–H and O–H groups in total. The number of fused-ring (bicyclic) bond motifs is 1. The highest BCUT2D eigenvalue weighted by Gasteiger charge is 2.23. The highest BCUT2D eigenvalue weighted by Crippen LogP contribution is 2.31. The van der Waals surface area contributed by atoms with Gasteiger partial charge in [-0.05, 0) is 37.5 Å². The van der Waals surface area contributed by atoms with Gasteiger partial charge in [0.1, 0.15) is 12.0 Å². The molecule has 0 saturated carbocycles. The molecule has 0 saturated heterocycles. The van der Waals surface area contributed by atoms with Crippen molar-refractivity contribution in [3.8, 4) is 0 Å². The molecule has 104 valence electrons. The minimum atomic E-state index is -0.952. The van der Waals surface area contributed by atoms with Gasteiger partial charge in [0, 0.05) is 11.7 Å². The van der Waals surface area contributed by atoms with Crippen molar-refractivity contribution in [2.24, 2.45) is 0 Å². The molecule has 1 aromatic carbocycles. The van der Waals surface area contributed by atoms with Crippen LogP contribution in [-0.2, 0) is 13.0 Å². The van der Waals surface area contributed by atoms with Gasteiger partial charge in [-0.1, -0.05) is 18.2 Å². The molecule has 0 radical (unpaired) electrons. The fourth-order valence-corrected chi connectivity index (χ4v) is 2.74. The number of carbonyl (C=O) groups is 1. The highest BCUT2D eigenvalue weighted by atomic mass is 16.4. The van der Waals surface area contributed by atoms with Gasteiger partial charge in [0.2, 0.25) is 0 Å². The number of carboxylic acid groups (broad SMARTS) is 1. The Balaban J connectivity index is 1.87. The SMILES string of the molecule is CC1CCc2ccccc2N1Cc1cc(C(=O)O)co1. The molecule has 2 heterocycles. The topological polar surface area (TPSA) is 53.7 Å². The molecule has 1 atom stereocenters. The van der Waals surface area contributed by atoms with Gasteiger partial charge < -0.3 is 14.4 Å². The van der Waals surface area contributed by atoms with Gasteiger partial charge in [0.25, 0.3) is 0 Å². The fraction of sp³-hybridized carbons (Fsp3) is 0.312. The Bertz CT molecular complexity index is 632. The first-order chi connectivity index (χ1) is 9.65. The van der Waals surface area contributed by atoms with E-state index in [-0.39, 0.29) is 5.56 Å². The van der Waals surface area contributed by atoms with E-state index in [0.717, 1.165) is 12.8 Å². The molecule has 0 aliphatic carbocycles. The van der Waals surface area contributed by atoms with Crippen molar-refractivity contribution in [2.75, 3.05) is 4.90 Å². The normalized spacial score (nSPS) is 17.9. The van der Waals surface area contributed by atoms with Crippen molar-refractivity contribution in [1.29, 1.82) is 0 Å². The van der Waals surface area contributed by atoms with Crippen LogP contribution in [0, 0.1) is 0 Å². The second kappa shape index (κ2) is 5.04. The molecular formula is C16H17NO3. The lowest BCUT2D eigenvalue weighted by Gasteiger charge is -2.36. The molecule has 4 heteroatoms. The largest absolute Gasteiger partial charge is 0.478 e. The van der Waals surface area contributed by atoms with Gasteiger partial charge in [-0.2, -0.15) is 0 Å². The second-order valence-electron chi connectivity index (χ2n) is 5.25. The molecule has 0 amide bonds. The van der Waals surface area contributed by atoms with Crippen LogP contribution in [0.3, 0.4) is 0 Å². The first-order valence-corrected chi connectivity index (χ1v) is 6.80. The van der Waals surface area contributed by atoms with E-state index in [1.165, 1.54) is 17.5 Å². The lowest BCUT2D eigenvalue weighted by molar-refractivity contribution is 0.0696. The number of nitrogens with zero attached hydrogens (tertiary/aromatic N) is 1. The van der Waals surface area contributed by atoms with Crippen LogP contribution in [0.1, 0.15) is 35.0 Å². The predicted octanol–water partition coefficient (Wildman–Crippen LogP) is 3.32. The maximum atomic E-state index is 10.9. The van der Waals surface area contributed by atoms with E-state index in [9.17, 15) is 4.79 Å². The Labute approximate surface area is 117 Å². The molecule has 2 aromatic rings. The third kappa shape index (κ3) is 2.29. The summed E-state index contributed by atoms with van der Waals surface area (Å²) in [5.41, 5.74) is 2.77. The molecule has 20 heavy (non-hydrogen) atoms. The molecule has 1 aliphatic rings. The number of anilines is 1. The van der Waals surface area contributed by atoms with E-state index >= 15 is 0 Å². The Morgan fingerprint density at radius 3 is 3.00 bits per heavy atom. The molecule has 0 fully saturated rings. The summed E-state index contributed by atoms with van der Waals surface area (Å²) in [5, 5.41) is 8.94. The van der Waals surface area contributed by atoms with Crippen LogP contribution in [-0.4, -0.2) is 17.1 Å². The van der Waals surface area contributed by atoms with Crippen molar-refractivity contribution >= 4 is 11.7 Å². The molecular weight excluding hydrogens is 254 g/mol. The first-order valence-electron chi connectivity index (χ1n) is 6.80. The number of para-hydroxylation sites is 1. The van der Waals surface area contributed by atoms with Gasteiger partial charge in [-0.25, -0.2) is 4.79 Å². The summed E-state index contributed by atoms with van der Waals surface area (Å²) in [6.07, 6.45) is 3.49. The molecule has 3 rings (SSSR count). The Morgan fingerprint density at radius 2 is 2.25 bits per heavy atom. The summed E-state index contributed by atoms with van der Waals surface area (Å²) >= 11 is 0. The zero-order chi connectivity index (χ0) is 14.1. The van der Waals surface area contributed by atoms with Crippen LogP contribution in [0.5, 0.6) is 0 Å². The van der Waals surface area contributed by atoms with Crippen LogP contribution >= 0.6 is 0 Å². The van der Waals surface area contributed by atoms with Gasteiger partial charge in [-0.15, -0.1) is 0 Å². The number of benzene rings is 1. The standard InChI is InChI=1S/C16H17NO3/c1-11-6-7-12-4-2-3-5-15(12)17(11)9-14-8-13(10-20-14)16(18)19/h2-5,8,10-11H,6-7,9H2,1H3,(H,18,19). The first kappa shape index (κ1) is 12.8. The van der Waals surface area contributed by atoms with E-state index in [4.69, 9.17) is 9.52 Å². The highest BCUT2D eigenvalue weighted by molar-refractivity contribution is 5.87. The number of aromatic carboxylic acids is 1. The van der Waals surface area contributed by atoms with Gasteiger partial charge in [0.15, 0.2) is 0 Å². The van der Waals surface area contributed by atoms with Crippen LogP contribution in [0.25, 0.3) is 0 Å². The fourth-order valence-electron chi connectivity index (χ4n) is 2.74.